The molecule has 0 atom stereocenters. The van der Waals surface area contributed by atoms with Gasteiger partial charge >= 0.3 is 0 Å². The second-order valence-electron chi connectivity index (χ2n) is 7.16. The summed E-state index contributed by atoms with van der Waals surface area (Å²) >= 11 is 0. The highest BCUT2D eigenvalue weighted by atomic mass is 16.5. The molecule has 2 aliphatic rings. The van der Waals surface area contributed by atoms with Gasteiger partial charge in [0.1, 0.15) is 11.3 Å². The van der Waals surface area contributed by atoms with Crippen molar-refractivity contribution in [3.63, 3.8) is 0 Å². The highest BCUT2D eigenvalue weighted by molar-refractivity contribution is 5.94. The summed E-state index contributed by atoms with van der Waals surface area (Å²) in [6.07, 6.45) is 6.50. The van der Waals surface area contributed by atoms with Crippen LogP contribution in [0.25, 0.3) is 5.65 Å². The largest absolute Gasteiger partial charge is 0.361 e. The van der Waals surface area contributed by atoms with Gasteiger partial charge in [-0.2, -0.15) is 9.61 Å². The van der Waals surface area contributed by atoms with E-state index in [2.05, 4.69) is 21.4 Å². The molecule has 0 aromatic carbocycles. The van der Waals surface area contributed by atoms with Crippen LogP contribution in [0.5, 0.6) is 0 Å². The lowest BCUT2D eigenvalue weighted by Crippen LogP contribution is -2.38. The minimum Gasteiger partial charge on any atom is -0.361 e. The lowest BCUT2D eigenvalue weighted by atomic mass is 9.95. The van der Waals surface area contributed by atoms with Crippen LogP contribution < -0.4 is 0 Å². The molecule has 0 N–H and O–H groups in total. The van der Waals surface area contributed by atoms with E-state index in [1.54, 1.807) is 6.92 Å². The van der Waals surface area contributed by atoms with Gasteiger partial charge in [0.05, 0.1) is 11.9 Å². The smallest absolute Gasteiger partial charge is 0.259 e. The molecule has 0 saturated carbocycles. The van der Waals surface area contributed by atoms with Gasteiger partial charge in [-0.3, -0.25) is 4.79 Å². The fourth-order valence-electron chi connectivity index (χ4n) is 4.06. The SMILES string of the molecule is Cc1oncc1C(=O)N1CCC(c2nnc3cc4c(nn23)CCC4)CC1. The first-order valence-electron chi connectivity index (χ1n) is 9.15. The van der Waals surface area contributed by atoms with E-state index in [0.29, 0.717) is 24.4 Å². The molecule has 8 nitrogen and oxygen atoms in total. The zero-order chi connectivity index (χ0) is 17.7. The van der Waals surface area contributed by atoms with Crippen LogP contribution in [0, 0.1) is 6.92 Å². The predicted molar refractivity (Wildman–Crippen MR) is 91.9 cm³/mol. The van der Waals surface area contributed by atoms with E-state index in [1.165, 1.54) is 23.9 Å². The number of fused-ring (bicyclic) bond motifs is 2. The Morgan fingerprint density at radius 1 is 1.23 bits per heavy atom. The van der Waals surface area contributed by atoms with Crippen LogP contribution in [0.2, 0.25) is 0 Å². The van der Waals surface area contributed by atoms with Crippen molar-refractivity contribution in [2.24, 2.45) is 0 Å². The number of piperidine rings is 1. The summed E-state index contributed by atoms with van der Waals surface area (Å²) in [7, 11) is 0. The van der Waals surface area contributed by atoms with Crippen LogP contribution in [0.15, 0.2) is 16.8 Å². The van der Waals surface area contributed by atoms with Crippen LogP contribution in [-0.4, -0.2) is 48.9 Å². The molecule has 1 aliphatic heterocycles. The number of likely N-dealkylation sites (tertiary alicyclic amines) is 1. The molecule has 1 aliphatic carbocycles. The standard InChI is InChI=1S/C18H20N6O2/c1-11-14(10-19-26-11)18(25)23-7-5-12(6-8-23)17-21-20-16-9-13-3-2-4-15(13)22-24(16)17/h9-10,12H,2-8H2,1H3. The number of carbonyl (C=O) groups is 1. The normalized spacial score (nSPS) is 17.8. The van der Waals surface area contributed by atoms with Gasteiger partial charge in [-0.05, 0) is 50.7 Å². The Morgan fingerprint density at radius 3 is 2.85 bits per heavy atom. The summed E-state index contributed by atoms with van der Waals surface area (Å²) in [5.41, 5.74) is 3.86. The van der Waals surface area contributed by atoms with Crippen LogP contribution in [0.3, 0.4) is 0 Å². The van der Waals surface area contributed by atoms with Crippen molar-refractivity contribution < 1.29 is 9.32 Å². The molecular formula is C18H20N6O2. The maximum absolute atomic E-state index is 12.6. The predicted octanol–water partition coefficient (Wildman–Crippen LogP) is 1.93. The Morgan fingerprint density at radius 2 is 2.08 bits per heavy atom. The number of aromatic nitrogens is 5. The third kappa shape index (κ3) is 2.40. The van der Waals surface area contributed by atoms with Crippen molar-refractivity contribution in [3.05, 3.63) is 40.7 Å². The fourth-order valence-corrected chi connectivity index (χ4v) is 4.06. The average molecular weight is 352 g/mol. The molecule has 1 fully saturated rings. The Hall–Kier alpha value is -2.77. The molecular weight excluding hydrogens is 332 g/mol. The second-order valence-corrected chi connectivity index (χ2v) is 7.16. The summed E-state index contributed by atoms with van der Waals surface area (Å²) in [4.78, 5) is 14.5. The molecule has 1 amide bonds. The second kappa shape index (κ2) is 5.89. The van der Waals surface area contributed by atoms with E-state index in [-0.39, 0.29) is 11.8 Å². The molecule has 5 rings (SSSR count). The van der Waals surface area contributed by atoms with Gasteiger partial charge in [0.15, 0.2) is 11.5 Å². The van der Waals surface area contributed by atoms with Crippen molar-refractivity contribution in [3.8, 4) is 0 Å². The van der Waals surface area contributed by atoms with Gasteiger partial charge in [0.25, 0.3) is 5.91 Å². The number of rotatable bonds is 2. The summed E-state index contributed by atoms with van der Waals surface area (Å²) < 4.78 is 6.93. The first-order chi connectivity index (χ1) is 12.7. The van der Waals surface area contributed by atoms with E-state index in [4.69, 9.17) is 9.62 Å². The number of hydrogen-bond donors (Lipinski definition) is 0. The third-order valence-electron chi connectivity index (χ3n) is 5.57. The van der Waals surface area contributed by atoms with Gasteiger partial charge in [0.2, 0.25) is 0 Å². The lowest BCUT2D eigenvalue weighted by Gasteiger charge is -2.30. The highest BCUT2D eigenvalue weighted by Gasteiger charge is 2.29. The summed E-state index contributed by atoms with van der Waals surface area (Å²) in [5, 5.41) is 17.2. The monoisotopic (exact) mass is 352 g/mol. The first kappa shape index (κ1) is 15.5. The van der Waals surface area contributed by atoms with Crippen molar-refractivity contribution in [1.29, 1.82) is 0 Å². The van der Waals surface area contributed by atoms with Crippen molar-refractivity contribution in [2.45, 2.75) is 44.9 Å². The van der Waals surface area contributed by atoms with Crippen LogP contribution >= 0.6 is 0 Å². The van der Waals surface area contributed by atoms with E-state index >= 15 is 0 Å². The van der Waals surface area contributed by atoms with Gasteiger partial charge < -0.3 is 9.42 Å². The Labute approximate surface area is 150 Å². The zero-order valence-corrected chi connectivity index (χ0v) is 14.7. The molecule has 3 aromatic heterocycles. The molecule has 4 heterocycles. The molecule has 134 valence electrons. The molecule has 0 radical (unpaired) electrons. The number of carbonyl (C=O) groups excluding carboxylic acids is 1. The topological polar surface area (TPSA) is 89.4 Å². The molecule has 0 bridgehead atoms. The summed E-state index contributed by atoms with van der Waals surface area (Å²) in [6.45, 7) is 3.14. The number of amides is 1. The van der Waals surface area contributed by atoms with E-state index in [9.17, 15) is 4.79 Å². The van der Waals surface area contributed by atoms with Crippen LogP contribution in [0.1, 0.15) is 58.4 Å². The van der Waals surface area contributed by atoms with E-state index in [1.807, 2.05) is 9.42 Å². The van der Waals surface area contributed by atoms with E-state index < -0.39 is 0 Å². The van der Waals surface area contributed by atoms with Crippen molar-refractivity contribution >= 4 is 11.6 Å². The minimum atomic E-state index is -0.00996. The highest BCUT2D eigenvalue weighted by Crippen LogP contribution is 2.29. The maximum atomic E-state index is 12.6. The average Bonchev–Trinajstić information content (AvgIpc) is 3.38. The van der Waals surface area contributed by atoms with Crippen molar-refractivity contribution in [1.82, 2.24) is 29.9 Å². The molecule has 3 aromatic rings. The first-order valence-corrected chi connectivity index (χ1v) is 9.15. The van der Waals surface area contributed by atoms with Gasteiger partial charge in [-0.1, -0.05) is 5.16 Å². The van der Waals surface area contributed by atoms with Gasteiger partial charge in [-0.15, -0.1) is 10.2 Å². The Bertz CT molecular complexity index is 983. The van der Waals surface area contributed by atoms with E-state index in [0.717, 1.165) is 37.2 Å². The maximum Gasteiger partial charge on any atom is 0.259 e. The summed E-state index contributed by atoms with van der Waals surface area (Å²) in [5.74, 6) is 1.75. The third-order valence-corrected chi connectivity index (χ3v) is 5.57. The Balaban J connectivity index is 1.35. The van der Waals surface area contributed by atoms with Crippen molar-refractivity contribution in [2.75, 3.05) is 13.1 Å². The Kier molecular flexibility index (Phi) is 3.51. The number of hydrogen-bond acceptors (Lipinski definition) is 6. The fraction of sp³-hybridized carbons (Fsp3) is 0.500. The van der Waals surface area contributed by atoms with Crippen LogP contribution in [-0.2, 0) is 12.8 Å². The molecule has 8 heteroatoms. The minimum absolute atomic E-state index is 0.00996. The van der Waals surface area contributed by atoms with Gasteiger partial charge in [0, 0.05) is 19.0 Å². The summed E-state index contributed by atoms with van der Waals surface area (Å²) in [6, 6.07) is 2.12. The molecule has 0 spiro atoms. The van der Waals surface area contributed by atoms with Crippen LogP contribution in [0.4, 0.5) is 0 Å². The number of aryl methyl sites for hydroxylation is 3. The quantitative estimate of drug-likeness (QED) is 0.700. The lowest BCUT2D eigenvalue weighted by molar-refractivity contribution is 0.0709. The molecule has 26 heavy (non-hydrogen) atoms. The zero-order valence-electron chi connectivity index (χ0n) is 14.7. The molecule has 0 unspecified atom stereocenters. The number of nitrogens with zero attached hydrogens (tertiary/aromatic N) is 6. The van der Waals surface area contributed by atoms with Gasteiger partial charge in [-0.25, -0.2) is 0 Å². The molecule has 1 saturated heterocycles.